The molecule has 0 aliphatic heterocycles. The van der Waals surface area contributed by atoms with Gasteiger partial charge >= 0.3 is 56.7 Å². The van der Waals surface area contributed by atoms with Crippen LogP contribution in [0, 0.1) is 0 Å². The Bertz CT molecular complexity index is 305. The second kappa shape index (κ2) is 10.5. The molecule has 0 aromatic carbocycles. The Hall–Kier alpha value is 0.619. The molecule has 0 unspecified atom stereocenters. The summed E-state index contributed by atoms with van der Waals surface area (Å²) in [5.41, 5.74) is 0. The number of rotatable bonds is 2. The third-order valence-electron chi connectivity index (χ3n) is 0.667. The van der Waals surface area contributed by atoms with E-state index in [9.17, 15) is 0 Å². The van der Waals surface area contributed by atoms with Gasteiger partial charge in [0.05, 0.1) is 20.2 Å². The molecule has 0 radical (unpaired) electrons. The maximum absolute atomic E-state index is 9.08. The summed E-state index contributed by atoms with van der Waals surface area (Å²) in [4.78, 5) is 0. The molecule has 0 heterocycles. The second-order valence-electron chi connectivity index (χ2n) is 3.88. The van der Waals surface area contributed by atoms with Crippen molar-refractivity contribution in [1.82, 2.24) is 0 Å². The summed E-state index contributed by atoms with van der Waals surface area (Å²) in [6, 6.07) is 0. The number of hydrogen-bond donors (Lipinski definition) is 0. The molecule has 0 aromatic heterocycles. The molecule has 0 saturated carbocycles. The van der Waals surface area contributed by atoms with E-state index in [0.29, 0.717) is 12.5 Å². The van der Waals surface area contributed by atoms with E-state index in [1.165, 1.54) is 0 Å². The van der Waals surface area contributed by atoms with E-state index < -0.39 is 20.2 Å². The standard InChI is InChI=1S/2C3H7.2CH4O3S.Sn/c2*1-3-2;2*1-5(2,3)4;/h2*3H,1-2H3;2*1H3,(H,2,3,4);/q;;;;+2/p-2. The van der Waals surface area contributed by atoms with Crippen molar-refractivity contribution in [3.8, 4) is 0 Å². The van der Waals surface area contributed by atoms with Crippen molar-refractivity contribution in [1.29, 1.82) is 0 Å². The van der Waals surface area contributed by atoms with Crippen LogP contribution in [0.3, 0.4) is 0 Å². The van der Waals surface area contributed by atoms with E-state index in [-0.39, 0.29) is 21.1 Å². The molecular formula is C8H20O6S2Sn. The fourth-order valence-corrected chi connectivity index (χ4v) is 4.47. The zero-order valence-electron chi connectivity index (χ0n) is 10.9. The van der Waals surface area contributed by atoms with E-state index in [0.717, 1.165) is 7.87 Å². The van der Waals surface area contributed by atoms with E-state index in [4.69, 9.17) is 25.9 Å². The van der Waals surface area contributed by atoms with Gasteiger partial charge in [0, 0.05) is 12.5 Å². The van der Waals surface area contributed by atoms with Crippen molar-refractivity contribution in [2.24, 2.45) is 0 Å². The molecule has 0 N–H and O–H groups in total. The number of hydrogen-bond acceptors (Lipinski definition) is 6. The zero-order chi connectivity index (χ0) is 14.9. The van der Waals surface area contributed by atoms with Gasteiger partial charge in [-0.05, 0) is 0 Å². The molecule has 0 fully saturated rings. The summed E-state index contributed by atoms with van der Waals surface area (Å²) < 4.78 is 56.5. The molecule has 0 spiro atoms. The van der Waals surface area contributed by atoms with E-state index in [2.05, 4.69) is 27.7 Å². The zero-order valence-corrected chi connectivity index (χ0v) is 15.4. The minimum absolute atomic E-state index is 0.0389. The van der Waals surface area contributed by atoms with Crippen molar-refractivity contribution in [3.05, 3.63) is 0 Å². The summed E-state index contributed by atoms with van der Waals surface area (Å²) in [5.74, 6) is 0. The van der Waals surface area contributed by atoms with Crippen LogP contribution in [0.25, 0.3) is 0 Å². The van der Waals surface area contributed by atoms with Gasteiger partial charge in [0.25, 0.3) is 0 Å². The van der Waals surface area contributed by atoms with Gasteiger partial charge in [-0.2, -0.15) is 0 Å². The molecular weight excluding hydrogens is 375 g/mol. The van der Waals surface area contributed by atoms with Crippen molar-refractivity contribution in [2.45, 2.75) is 35.6 Å². The Morgan fingerprint density at radius 2 is 0.882 bits per heavy atom. The molecule has 0 atom stereocenters. The van der Waals surface area contributed by atoms with Crippen LogP contribution in [-0.4, -0.2) is 59.6 Å². The van der Waals surface area contributed by atoms with Gasteiger partial charge in [-0.15, -0.1) is 0 Å². The molecule has 0 rings (SSSR count). The molecule has 0 bridgehead atoms. The first-order valence-electron chi connectivity index (χ1n) is 4.70. The van der Waals surface area contributed by atoms with Crippen molar-refractivity contribution in [3.63, 3.8) is 0 Å². The maximum atomic E-state index is 9.08. The van der Waals surface area contributed by atoms with Crippen LogP contribution in [0.2, 0.25) is 7.87 Å². The van der Waals surface area contributed by atoms with Gasteiger partial charge in [-0.1, -0.05) is 0 Å². The Morgan fingerprint density at radius 3 is 0.882 bits per heavy atom. The molecule has 104 valence electrons. The summed E-state index contributed by atoms with van der Waals surface area (Å²) in [5, 5.41) is 0. The van der Waals surface area contributed by atoms with Gasteiger partial charge in [-0.25, -0.2) is 16.8 Å². The van der Waals surface area contributed by atoms with Crippen LogP contribution >= 0.6 is 0 Å². The van der Waals surface area contributed by atoms with Crippen molar-refractivity contribution in [2.75, 3.05) is 12.5 Å². The van der Waals surface area contributed by atoms with E-state index in [1.54, 1.807) is 0 Å². The van der Waals surface area contributed by atoms with E-state index >= 15 is 0 Å². The Morgan fingerprint density at radius 1 is 0.765 bits per heavy atom. The Labute approximate surface area is 115 Å². The van der Waals surface area contributed by atoms with Crippen molar-refractivity contribution >= 4 is 41.4 Å². The van der Waals surface area contributed by atoms with Gasteiger partial charge in [0.1, 0.15) is 0 Å². The van der Waals surface area contributed by atoms with Crippen LogP contribution < -0.4 is 0 Å². The van der Waals surface area contributed by atoms with E-state index in [1.807, 2.05) is 0 Å². The molecule has 0 aliphatic carbocycles. The normalized spacial score (nSPS) is 10.9. The average Bonchev–Trinajstić information content (AvgIpc) is 1.71. The molecule has 0 amide bonds. The summed E-state index contributed by atoms with van der Waals surface area (Å²) >= 11 is 0.0389. The topological polar surface area (TPSA) is 114 Å². The minimum atomic E-state index is -3.92. The van der Waals surface area contributed by atoms with Gasteiger partial charge in [0.2, 0.25) is 0 Å². The Balaban J connectivity index is -0.000000177. The van der Waals surface area contributed by atoms with Crippen LogP contribution in [0.1, 0.15) is 27.7 Å². The SMILES string of the molecule is CS(=O)(=O)[O-].CS(=O)(=O)[O-].C[CH](C)[Sn+2][CH](C)C. The van der Waals surface area contributed by atoms with Crippen LogP contribution in [-0.2, 0) is 20.2 Å². The predicted molar refractivity (Wildman–Crippen MR) is 67.2 cm³/mol. The summed E-state index contributed by atoms with van der Waals surface area (Å²) in [6.07, 6.45) is 1.21. The Kier molecular flexibility index (Phi) is 14.1. The molecule has 0 aliphatic rings. The average molecular weight is 395 g/mol. The van der Waals surface area contributed by atoms with Gasteiger partial charge in [-0.3, -0.25) is 0 Å². The third kappa shape index (κ3) is 166. The fourth-order valence-electron chi connectivity index (χ4n) is 0.667. The van der Waals surface area contributed by atoms with Gasteiger partial charge < -0.3 is 9.11 Å². The molecule has 9 heteroatoms. The fraction of sp³-hybridized carbons (Fsp3) is 1.00. The molecule has 6 nitrogen and oxygen atoms in total. The van der Waals surface area contributed by atoms with Crippen LogP contribution in [0.5, 0.6) is 0 Å². The summed E-state index contributed by atoms with van der Waals surface area (Å²) in [7, 11) is -7.83. The predicted octanol–water partition coefficient (Wildman–Crippen LogP) is 0.670. The quantitative estimate of drug-likeness (QED) is 0.502. The van der Waals surface area contributed by atoms with Crippen molar-refractivity contribution < 1.29 is 25.9 Å². The first-order valence-corrected chi connectivity index (χ1v) is 11.6. The van der Waals surface area contributed by atoms with Crippen LogP contribution in [0.4, 0.5) is 0 Å². The molecule has 0 aromatic rings. The third-order valence-corrected chi connectivity index (χ3v) is 4.47. The van der Waals surface area contributed by atoms with Gasteiger partial charge in [0.15, 0.2) is 0 Å². The monoisotopic (exact) mass is 396 g/mol. The van der Waals surface area contributed by atoms with Crippen LogP contribution in [0.15, 0.2) is 0 Å². The molecule has 17 heavy (non-hydrogen) atoms. The molecule has 0 saturated heterocycles. The first-order chi connectivity index (χ1) is 7.13. The first kappa shape index (κ1) is 22.8. The second-order valence-corrected chi connectivity index (χ2v) is 14.2. The summed E-state index contributed by atoms with van der Waals surface area (Å²) in [6.45, 7) is 9.36.